The van der Waals surface area contributed by atoms with Crippen LogP contribution < -0.4 is 9.64 Å². The summed E-state index contributed by atoms with van der Waals surface area (Å²) >= 11 is 0. The third kappa shape index (κ3) is 4.01. The number of anilines is 1. The molecule has 1 aliphatic rings. The summed E-state index contributed by atoms with van der Waals surface area (Å²) in [6.07, 6.45) is -0.468. The van der Waals surface area contributed by atoms with Gasteiger partial charge in [-0.05, 0) is 57.0 Å². The second-order valence-electron chi connectivity index (χ2n) is 7.10. The van der Waals surface area contributed by atoms with E-state index < -0.39 is 6.10 Å². The van der Waals surface area contributed by atoms with E-state index in [0.717, 1.165) is 31.9 Å². The summed E-state index contributed by atoms with van der Waals surface area (Å²) < 4.78 is 5.83. The van der Waals surface area contributed by atoms with Crippen LogP contribution in [0.4, 0.5) is 5.69 Å². The molecule has 2 aromatic carbocycles. The van der Waals surface area contributed by atoms with Gasteiger partial charge >= 0.3 is 0 Å². The molecule has 0 aromatic heterocycles. The van der Waals surface area contributed by atoms with Crippen molar-refractivity contribution in [3.63, 3.8) is 0 Å². The zero-order valence-corrected chi connectivity index (χ0v) is 16.2. The van der Waals surface area contributed by atoms with Crippen molar-refractivity contribution in [3.05, 3.63) is 59.2 Å². The van der Waals surface area contributed by atoms with Crippen LogP contribution in [0.15, 0.2) is 42.5 Å². The molecule has 0 spiro atoms. The van der Waals surface area contributed by atoms with E-state index in [4.69, 9.17) is 4.74 Å². The van der Waals surface area contributed by atoms with Crippen LogP contribution in [0, 0.1) is 20.8 Å². The molecule has 1 aliphatic heterocycles. The van der Waals surface area contributed by atoms with Crippen LogP contribution in [-0.2, 0) is 4.79 Å². The lowest BCUT2D eigenvalue weighted by Gasteiger charge is -2.38. The summed E-state index contributed by atoms with van der Waals surface area (Å²) in [6, 6.07) is 14.2. The number of hydrogen-bond acceptors (Lipinski definition) is 3. The highest BCUT2D eigenvalue weighted by Gasteiger charge is 2.26. The summed E-state index contributed by atoms with van der Waals surface area (Å²) in [4.78, 5) is 17.0. The molecule has 1 saturated heterocycles. The topological polar surface area (TPSA) is 32.8 Å². The van der Waals surface area contributed by atoms with Crippen LogP contribution in [0.5, 0.6) is 5.75 Å². The van der Waals surface area contributed by atoms with Gasteiger partial charge in [-0.15, -0.1) is 0 Å². The van der Waals surface area contributed by atoms with Gasteiger partial charge in [0.25, 0.3) is 5.91 Å². The minimum atomic E-state index is -0.468. The van der Waals surface area contributed by atoms with Crippen molar-refractivity contribution >= 4 is 11.6 Å². The number of nitrogens with zero attached hydrogens (tertiary/aromatic N) is 2. The Bertz CT molecular complexity index is 762. The summed E-state index contributed by atoms with van der Waals surface area (Å²) in [5.74, 6) is 0.802. The minimum Gasteiger partial charge on any atom is -0.481 e. The van der Waals surface area contributed by atoms with E-state index >= 15 is 0 Å². The Kier molecular flexibility index (Phi) is 5.50. The lowest BCUT2D eigenvalue weighted by molar-refractivity contribution is -0.138. The standard InChI is InChI=1S/C22H28N2O2/c1-16-8-10-20(11-9-16)26-19(4)22(25)24-14-12-23(13-15-24)21-7-5-6-17(2)18(21)3/h5-11,19H,12-15H2,1-4H3/t19-/m0/s1. The number of carbonyl (C=O) groups is 1. The smallest absolute Gasteiger partial charge is 0.263 e. The molecule has 0 saturated carbocycles. The van der Waals surface area contributed by atoms with Crippen LogP contribution in [0.2, 0.25) is 0 Å². The monoisotopic (exact) mass is 352 g/mol. The minimum absolute atomic E-state index is 0.0613. The third-order valence-corrected chi connectivity index (χ3v) is 5.19. The lowest BCUT2D eigenvalue weighted by Crippen LogP contribution is -2.52. The first-order valence-corrected chi connectivity index (χ1v) is 9.29. The van der Waals surface area contributed by atoms with Crippen LogP contribution >= 0.6 is 0 Å². The van der Waals surface area contributed by atoms with Crippen molar-refractivity contribution in [3.8, 4) is 5.75 Å². The molecule has 0 N–H and O–H groups in total. The molecule has 26 heavy (non-hydrogen) atoms. The fraction of sp³-hybridized carbons (Fsp3) is 0.409. The maximum absolute atomic E-state index is 12.7. The molecule has 0 radical (unpaired) electrons. The first-order valence-electron chi connectivity index (χ1n) is 9.29. The Labute approximate surface area is 156 Å². The largest absolute Gasteiger partial charge is 0.481 e. The number of aryl methyl sites for hydroxylation is 2. The molecule has 138 valence electrons. The van der Waals surface area contributed by atoms with E-state index in [9.17, 15) is 4.79 Å². The van der Waals surface area contributed by atoms with Gasteiger partial charge in [0, 0.05) is 31.9 Å². The Morgan fingerprint density at radius 1 is 0.962 bits per heavy atom. The predicted molar refractivity (Wildman–Crippen MR) is 106 cm³/mol. The van der Waals surface area contributed by atoms with E-state index in [-0.39, 0.29) is 5.91 Å². The van der Waals surface area contributed by atoms with E-state index in [2.05, 4.69) is 36.9 Å². The van der Waals surface area contributed by atoms with Gasteiger partial charge in [0.05, 0.1) is 0 Å². The fourth-order valence-corrected chi connectivity index (χ4v) is 3.37. The normalized spacial score (nSPS) is 15.7. The second-order valence-corrected chi connectivity index (χ2v) is 7.10. The summed E-state index contributed by atoms with van der Waals surface area (Å²) in [5, 5.41) is 0. The lowest BCUT2D eigenvalue weighted by atomic mass is 10.1. The first-order chi connectivity index (χ1) is 12.5. The van der Waals surface area contributed by atoms with Gasteiger partial charge in [0.1, 0.15) is 5.75 Å². The van der Waals surface area contributed by atoms with Gasteiger partial charge in [0.2, 0.25) is 0 Å². The Hall–Kier alpha value is -2.49. The van der Waals surface area contributed by atoms with Crippen LogP contribution in [0.3, 0.4) is 0 Å². The Morgan fingerprint density at radius 3 is 2.27 bits per heavy atom. The fourth-order valence-electron chi connectivity index (χ4n) is 3.37. The Balaban J connectivity index is 1.57. The van der Waals surface area contributed by atoms with Crippen LogP contribution in [0.1, 0.15) is 23.6 Å². The number of piperazine rings is 1. The zero-order valence-electron chi connectivity index (χ0n) is 16.2. The van der Waals surface area contributed by atoms with Crippen molar-refractivity contribution in [2.24, 2.45) is 0 Å². The molecule has 4 heteroatoms. The number of benzene rings is 2. The van der Waals surface area contributed by atoms with E-state index in [1.165, 1.54) is 22.4 Å². The molecule has 1 atom stereocenters. The molecule has 1 heterocycles. The maximum Gasteiger partial charge on any atom is 0.263 e. The van der Waals surface area contributed by atoms with E-state index in [0.29, 0.717) is 0 Å². The van der Waals surface area contributed by atoms with E-state index in [1.54, 1.807) is 0 Å². The van der Waals surface area contributed by atoms with Gasteiger partial charge in [0.15, 0.2) is 6.10 Å². The van der Waals surface area contributed by atoms with Gasteiger partial charge in [-0.25, -0.2) is 0 Å². The molecule has 3 rings (SSSR count). The Morgan fingerprint density at radius 2 is 1.62 bits per heavy atom. The average molecular weight is 352 g/mol. The number of carbonyl (C=O) groups excluding carboxylic acids is 1. The number of ether oxygens (including phenoxy) is 1. The SMILES string of the molecule is Cc1ccc(O[C@@H](C)C(=O)N2CCN(c3cccc(C)c3C)CC2)cc1. The molecular formula is C22H28N2O2. The quantitative estimate of drug-likeness (QED) is 0.841. The molecule has 4 nitrogen and oxygen atoms in total. The number of hydrogen-bond donors (Lipinski definition) is 0. The average Bonchev–Trinajstić information content (AvgIpc) is 2.65. The molecule has 1 amide bonds. The van der Waals surface area contributed by atoms with Crippen molar-refractivity contribution in [2.45, 2.75) is 33.8 Å². The molecule has 1 fully saturated rings. The first kappa shape index (κ1) is 18.3. The second kappa shape index (κ2) is 7.81. The zero-order chi connectivity index (χ0) is 18.7. The number of rotatable bonds is 4. The highest BCUT2D eigenvalue weighted by molar-refractivity contribution is 5.81. The summed E-state index contributed by atoms with van der Waals surface area (Å²) in [6.45, 7) is 11.3. The predicted octanol–water partition coefficient (Wildman–Crippen LogP) is 3.73. The number of amides is 1. The summed E-state index contributed by atoms with van der Waals surface area (Å²) in [7, 11) is 0. The van der Waals surface area contributed by atoms with Gasteiger partial charge < -0.3 is 14.5 Å². The highest BCUT2D eigenvalue weighted by Crippen LogP contribution is 2.24. The van der Waals surface area contributed by atoms with Gasteiger partial charge in [-0.3, -0.25) is 4.79 Å². The van der Waals surface area contributed by atoms with Gasteiger partial charge in [-0.2, -0.15) is 0 Å². The molecule has 0 aliphatic carbocycles. The van der Waals surface area contributed by atoms with Crippen LogP contribution in [0.25, 0.3) is 0 Å². The van der Waals surface area contributed by atoms with Crippen molar-refractivity contribution in [2.75, 3.05) is 31.1 Å². The highest BCUT2D eigenvalue weighted by atomic mass is 16.5. The van der Waals surface area contributed by atoms with Crippen LogP contribution in [-0.4, -0.2) is 43.1 Å². The van der Waals surface area contributed by atoms with Crippen molar-refractivity contribution in [1.29, 1.82) is 0 Å². The molecule has 2 aromatic rings. The molecule has 0 unspecified atom stereocenters. The molecule has 0 bridgehead atoms. The maximum atomic E-state index is 12.7. The third-order valence-electron chi connectivity index (χ3n) is 5.19. The van der Waals surface area contributed by atoms with Crippen molar-refractivity contribution in [1.82, 2.24) is 4.90 Å². The molecular weight excluding hydrogens is 324 g/mol. The van der Waals surface area contributed by atoms with Gasteiger partial charge in [-0.1, -0.05) is 29.8 Å². The van der Waals surface area contributed by atoms with E-state index in [1.807, 2.05) is 43.0 Å². The summed E-state index contributed by atoms with van der Waals surface area (Å²) in [5.41, 5.74) is 5.09. The van der Waals surface area contributed by atoms with Crippen molar-refractivity contribution < 1.29 is 9.53 Å².